The van der Waals surface area contributed by atoms with Crippen LogP contribution in [0.1, 0.15) is 19.4 Å². The summed E-state index contributed by atoms with van der Waals surface area (Å²) in [4.78, 5) is 2.42. The van der Waals surface area contributed by atoms with E-state index in [4.69, 9.17) is 17.3 Å². The Balaban J connectivity index is 2.15. The van der Waals surface area contributed by atoms with Crippen LogP contribution in [0.5, 0.6) is 0 Å². The summed E-state index contributed by atoms with van der Waals surface area (Å²) in [7, 11) is 0. The smallest absolute Gasteiger partial charge is 0.0459 e. The van der Waals surface area contributed by atoms with Crippen molar-refractivity contribution < 1.29 is 0 Å². The molecule has 0 aromatic heterocycles. The van der Waals surface area contributed by atoms with Gasteiger partial charge >= 0.3 is 0 Å². The van der Waals surface area contributed by atoms with E-state index in [9.17, 15) is 0 Å². The lowest BCUT2D eigenvalue weighted by molar-refractivity contribution is 0.494. The first-order valence-electron chi connectivity index (χ1n) is 6.35. The van der Waals surface area contributed by atoms with Crippen LogP contribution in [0, 0.1) is 11.8 Å². The molecule has 0 amide bonds. The maximum Gasteiger partial charge on any atom is 0.0459 e. The molecule has 1 aromatic rings. The van der Waals surface area contributed by atoms with Crippen LogP contribution < -0.4 is 10.6 Å². The van der Waals surface area contributed by atoms with Gasteiger partial charge in [-0.3, -0.25) is 0 Å². The van der Waals surface area contributed by atoms with E-state index in [1.165, 1.54) is 5.69 Å². The molecule has 0 spiro atoms. The first-order chi connectivity index (χ1) is 8.11. The van der Waals surface area contributed by atoms with Crippen molar-refractivity contribution in [2.75, 3.05) is 24.5 Å². The number of rotatable bonds is 3. The average Bonchev–Trinajstić information content (AvgIpc) is 2.62. The topological polar surface area (TPSA) is 29.3 Å². The summed E-state index contributed by atoms with van der Waals surface area (Å²) in [5.74, 6) is 1.52. The Morgan fingerprint density at radius 3 is 2.47 bits per heavy atom. The standard InChI is InChI=1S/C14H21ClN2/c1-10-8-17(9-11(10)2)13-4-3-12(5-6-16)14(15)7-13/h3-4,7,10-11H,5-6,8-9,16H2,1-2H3. The number of halogens is 1. The van der Waals surface area contributed by atoms with Crippen LogP contribution >= 0.6 is 11.6 Å². The van der Waals surface area contributed by atoms with Gasteiger partial charge in [0.05, 0.1) is 0 Å². The van der Waals surface area contributed by atoms with Gasteiger partial charge in [-0.2, -0.15) is 0 Å². The molecule has 2 atom stereocenters. The van der Waals surface area contributed by atoms with Crippen molar-refractivity contribution >= 4 is 17.3 Å². The molecule has 2 unspecified atom stereocenters. The second kappa shape index (κ2) is 5.28. The van der Waals surface area contributed by atoms with Crippen LogP contribution in [0.15, 0.2) is 18.2 Å². The quantitative estimate of drug-likeness (QED) is 0.896. The average molecular weight is 253 g/mol. The van der Waals surface area contributed by atoms with E-state index in [1.54, 1.807) is 0 Å². The normalized spacial score (nSPS) is 24.4. The molecule has 1 aliphatic rings. The third-order valence-corrected chi connectivity index (χ3v) is 4.16. The number of benzene rings is 1. The Hall–Kier alpha value is -0.730. The van der Waals surface area contributed by atoms with Crippen molar-refractivity contribution in [1.82, 2.24) is 0 Å². The Labute approximate surface area is 109 Å². The summed E-state index contributed by atoms with van der Waals surface area (Å²) in [5.41, 5.74) is 7.95. The summed E-state index contributed by atoms with van der Waals surface area (Å²) >= 11 is 6.28. The first kappa shape index (κ1) is 12.7. The highest BCUT2D eigenvalue weighted by Gasteiger charge is 2.26. The van der Waals surface area contributed by atoms with Crippen LogP contribution in [0.3, 0.4) is 0 Å². The SMILES string of the molecule is CC1CN(c2ccc(CCN)c(Cl)c2)CC1C. The van der Waals surface area contributed by atoms with Crippen molar-refractivity contribution in [3.8, 4) is 0 Å². The lowest BCUT2D eigenvalue weighted by Gasteiger charge is -2.19. The largest absolute Gasteiger partial charge is 0.371 e. The summed E-state index contributed by atoms with van der Waals surface area (Å²) in [6.45, 7) is 7.54. The summed E-state index contributed by atoms with van der Waals surface area (Å²) in [5, 5.41) is 0.847. The van der Waals surface area contributed by atoms with Gasteiger partial charge in [0, 0.05) is 23.8 Å². The number of nitrogens with zero attached hydrogens (tertiary/aromatic N) is 1. The molecule has 17 heavy (non-hydrogen) atoms. The zero-order chi connectivity index (χ0) is 12.4. The molecule has 2 nitrogen and oxygen atoms in total. The summed E-state index contributed by atoms with van der Waals surface area (Å²) in [6.07, 6.45) is 0.853. The van der Waals surface area contributed by atoms with Gasteiger partial charge in [-0.15, -0.1) is 0 Å². The van der Waals surface area contributed by atoms with Crippen LogP contribution in [-0.2, 0) is 6.42 Å². The van der Waals surface area contributed by atoms with Gasteiger partial charge in [-0.05, 0) is 42.5 Å². The van der Waals surface area contributed by atoms with E-state index < -0.39 is 0 Å². The van der Waals surface area contributed by atoms with Gasteiger partial charge < -0.3 is 10.6 Å². The third kappa shape index (κ3) is 2.75. The van der Waals surface area contributed by atoms with Crippen molar-refractivity contribution in [3.05, 3.63) is 28.8 Å². The van der Waals surface area contributed by atoms with Gasteiger partial charge in [0.15, 0.2) is 0 Å². The molecule has 1 aliphatic heterocycles. The monoisotopic (exact) mass is 252 g/mol. The predicted octanol–water partition coefficient (Wildman–Crippen LogP) is 2.93. The molecule has 1 saturated heterocycles. The predicted molar refractivity (Wildman–Crippen MR) is 74.8 cm³/mol. The zero-order valence-corrected chi connectivity index (χ0v) is 11.4. The van der Waals surface area contributed by atoms with Crippen LogP contribution in [0.25, 0.3) is 0 Å². The van der Waals surface area contributed by atoms with Gasteiger partial charge in [0.25, 0.3) is 0 Å². The fraction of sp³-hybridized carbons (Fsp3) is 0.571. The van der Waals surface area contributed by atoms with Gasteiger partial charge in [0.1, 0.15) is 0 Å². The Morgan fingerprint density at radius 2 is 1.94 bits per heavy atom. The molecule has 2 rings (SSSR count). The Morgan fingerprint density at radius 1 is 1.29 bits per heavy atom. The van der Waals surface area contributed by atoms with Crippen molar-refractivity contribution in [2.24, 2.45) is 17.6 Å². The third-order valence-electron chi connectivity index (χ3n) is 3.80. The number of hydrogen-bond donors (Lipinski definition) is 1. The maximum atomic E-state index is 6.28. The lowest BCUT2D eigenvalue weighted by Crippen LogP contribution is -2.19. The molecule has 1 aromatic carbocycles. The zero-order valence-electron chi connectivity index (χ0n) is 10.6. The van der Waals surface area contributed by atoms with Gasteiger partial charge in [-0.1, -0.05) is 31.5 Å². The van der Waals surface area contributed by atoms with Crippen LogP contribution in [-0.4, -0.2) is 19.6 Å². The van der Waals surface area contributed by atoms with E-state index in [0.29, 0.717) is 6.54 Å². The van der Waals surface area contributed by atoms with Gasteiger partial charge in [-0.25, -0.2) is 0 Å². The van der Waals surface area contributed by atoms with Crippen LogP contribution in [0.4, 0.5) is 5.69 Å². The molecule has 0 aliphatic carbocycles. The van der Waals surface area contributed by atoms with Gasteiger partial charge in [0.2, 0.25) is 0 Å². The van der Waals surface area contributed by atoms with E-state index in [-0.39, 0.29) is 0 Å². The fourth-order valence-corrected chi connectivity index (χ4v) is 2.70. The minimum atomic E-state index is 0.650. The maximum absolute atomic E-state index is 6.28. The minimum absolute atomic E-state index is 0.650. The molecular weight excluding hydrogens is 232 g/mol. The molecular formula is C14H21ClN2. The second-order valence-electron chi connectivity index (χ2n) is 5.17. The fourth-order valence-electron chi connectivity index (χ4n) is 2.43. The summed E-state index contributed by atoms with van der Waals surface area (Å²) in [6, 6.07) is 6.36. The van der Waals surface area contributed by atoms with E-state index >= 15 is 0 Å². The number of anilines is 1. The Bertz CT molecular complexity index is 382. The van der Waals surface area contributed by atoms with E-state index in [0.717, 1.165) is 41.9 Å². The van der Waals surface area contributed by atoms with E-state index in [1.807, 2.05) is 0 Å². The minimum Gasteiger partial charge on any atom is -0.371 e. The van der Waals surface area contributed by atoms with Crippen molar-refractivity contribution in [1.29, 1.82) is 0 Å². The molecule has 0 radical (unpaired) electrons. The van der Waals surface area contributed by atoms with E-state index in [2.05, 4.69) is 36.9 Å². The van der Waals surface area contributed by atoms with Crippen molar-refractivity contribution in [2.45, 2.75) is 20.3 Å². The van der Waals surface area contributed by atoms with Crippen LogP contribution in [0.2, 0.25) is 5.02 Å². The van der Waals surface area contributed by atoms with Crippen molar-refractivity contribution in [3.63, 3.8) is 0 Å². The number of hydrogen-bond acceptors (Lipinski definition) is 2. The highest BCUT2D eigenvalue weighted by molar-refractivity contribution is 6.31. The number of nitrogens with two attached hydrogens (primary N) is 1. The molecule has 1 heterocycles. The second-order valence-corrected chi connectivity index (χ2v) is 5.58. The lowest BCUT2D eigenvalue weighted by atomic mass is 10.0. The molecule has 0 bridgehead atoms. The molecule has 2 N–H and O–H groups in total. The first-order valence-corrected chi connectivity index (χ1v) is 6.73. The highest BCUT2D eigenvalue weighted by Crippen LogP contribution is 2.30. The molecule has 0 saturated carbocycles. The molecule has 1 fully saturated rings. The Kier molecular flexibility index (Phi) is 3.95. The molecule has 3 heteroatoms. The summed E-state index contributed by atoms with van der Waals surface area (Å²) < 4.78 is 0. The molecule has 94 valence electrons. The highest BCUT2D eigenvalue weighted by atomic mass is 35.5.